The van der Waals surface area contributed by atoms with Crippen LogP contribution in [-0.2, 0) is 42.1 Å². The van der Waals surface area contributed by atoms with E-state index in [-0.39, 0.29) is 42.1 Å². The monoisotopic (exact) mass is 1090 g/mol. The van der Waals surface area contributed by atoms with Gasteiger partial charge in [-0.05, 0) is 75.6 Å². The predicted octanol–water partition coefficient (Wildman–Crippen LogP) is 7.77. The zero-order chi connectivity index (χ0) is 36.2. The van der Waals surface area contributed by atoms with Crippen LogP contribution in [0.3, 0.4) is 0 Å². The molecule has 0 N–H and O–H groups in total. The maximum Gasteiger partial charge on any atom is 0.134 e. The van der Waals surface area contributed by atoms with Crippen molar-refractivity contribution in [2.24, 2.45) is 0 Å². The van der Waals surface area contributed by atoms with Gasteiger partial charge in [0.25, 0.3) is 0 Å². The first-order valence-corrected chi connectivity index (χ1v) is 17.0. The van der Waals surface area contributed by atoms with E-state index in [1.165, 1.54) is 0 Å². The fraction of sp³-hybridized carbons (Fsp3) is 0.0476. The van der Waals surface area contributed by atoms with Gasteiger partial charge in [-0.3, -0.25) is 0 Å². The average Bonchev–Trinajstić information content (AvgIpc) is 3.99. The third kappa shape index (κ3) is 6.69. The van der Waals surface area contributed by atoms with Crippen molar-refractivity contribution in [1.82, 2.24) is 38.9 Å². The minimum atomic E-state index is 0. The molecule has 8 aromatic rings. The smallest absolute Gasteiger partial charge is 0.134 e. The van der Waals surface area contributed by atoms with Crippen LogP contribution in [-0.4, -0.2) is 53.0 Å². The Morgan fingerprint density at radius 1 is 0.518 bits per heavy atom. The largest absolute Gasteiger partial charge is 0.510 e. The summed E-state index contributed by atoms with van der Waals surface area (Å²) in [7, 11) is 3.92. The van der Waals surface area contributed by atoms with Crippen molar-refractivity contribution in [2.45, 2.75) is 0 Å². The van der Waals surface area contributed by atoms with Crippen molar-refractivity contribution < 1.29 is 51.6 Å². The summed E-state index contributed by atoms with van der Waals surface area (Å²) in [5, 5.41) is 1.84. The first kappa shape index (κ1) is 37.0. The van der Waals surface area contributed by atoms with Crippen molar-refractivity contribution in [2.75, 3.05) is 23.9 Å². The Labute approximate surface area is 351 Å². The number of nitrogens with zero attached hydrogens (tertiary/aromatic N) is 10. The average molecular weight is 1090 g/mol. The number of hydrogen-bond acceptors (Lipinski definition) is 10. The van der Waals surface area contributed by atoms with Gasteiger partial charge in [-0.1, -0.05) is 57.7 Å². The van der Waals surface area contributed by atoms with Crippen LogP contribution in [0.4, 0.5) is 11.4 Å². The molecular weight excluding hydrogens is 1070 g/mol. The third-order valence-electron chi connectivity index (χ3n) is 9.00. The molecule has 8 heterocycles. The van der Waals surface area contributed by atoms with E-state index < -0.39 is 0 Å². The molecule has 56 heavy (non-hydrogen) atoms. The molecule has 12 nitrogen and oxygen atoms in total. The fourth-order valence-corrected chi connectivity index (χ4v) is 6.66. The number of anilines is 2. The Bertz CT molecular complexity index is 2570. The van der Waals surface area contributed by atoms with Crippen LogP contribution < -0.4 is 19.3 Å². The predicted molar refractivity (Wildman–Crippen MR) is 205 cm³/mol. The molecule has 2 aliphatic rings. The molecule has 0 atom stereocenters. The van der Waals surface area contributed by atoms with E-state index in [4.69, 9.17) is 19.4 Å². The molecule has 0 radical (unpaired) electrons. The maximum absolute atomic E-state index is 6.35. The van der Waals surface area contributed by atoms with E-state index in [0.29, 0.717) is 23.0 Å². The summed E-state index contributed by atoms with van der Waals surface area (Å²) in [6.45, 7) is 3.87. The summed E-state index contributed by atoms with van der Waals surface area (Å²) in [6, 6.07) is 33.3. The first-order valence-electron chi connectivity index (χ1n) is 17.0. The minimum Gasteiger partial charge on any atom is -0.510 e. The van der Waals surface area contributed by atoms with Gasteiger partial charge in [0, 0.05) is 88.6 Å². The fourth-order valence-electron chi connectivity index (χ4n) is 6.66. The number of hydrogen-bond donors (Lipinski definition) is 0. The van der Waals surface area contributed by atoms with Gasteiger partial charge in [0.05, 0.1) is 0 Å². The van der Waals surface area contributed by atoms with Gasteiger partial charge in [0.2, 0.25) is 0 Å². The van der Waals surface area contributed by atoms with Gasteiger partial charge in [-0.15, -0.1) is 36.4 Å². The van der Waals surface area contributed by atoms with Crippen molar-refractivity contribution in [3.05, 3.63) is 160 Å². The number of pyridine rings is 4. The van der Waals surface area contributed by atoms with Crippen LogP contribution in [0.25, 0.3) is 44.5 Å². The zero-order valence-corrected chi connectivity index (χ0v) is 34.2. The SMILES string of the molecule is CN1C=CN(c2[c-]c(Oc3[c-]c4c(cc3)c3c(c5ccc(Oc6[c-]c(N7C=CN(C)[CH-]7)cnc6)[c-]c5n3-c3ccccn3)n4-c3ccccn3)cnc2)[CH-]1.[Pt].[Pt]. The Morgan fingerprint density at radius 2 is 0.982 bits per heavy atom. The van der Waals surface area contributed by atoms with E-state index in [1.807, 2.05) is 132 Å². The second kappa shape index (κ2) is 15.3. The summed E-state index contributed by atoms with van der Waals surface area (Å²) < 4.78 is 16.9. The molecule has 0 aliphatic carbocycles. The Balaban J connectivity index is 0.00000220. The van der Waals surface area contributed by atoms with Gasteiger partial charge >= 0.3 is 0 Å². The number of fused-ring (bicyclic) bond motifs is 5. The van der Waals surface area contributed by atoms with Crippen LogP contribution in [0, 0.1) is 37.6 Å². The summed E-state index contributed by atoms with van der Waals surface area (Å²) in [6.07, 6.45) is 18.1. The molecule has 0 unspecified atom stereocenters. The zero-order valence-electron chi connectivity index (χ0n) is 29.6. The van der Waals surface area contributed by atoms with Crippen LogP contribution in [0.1, 0.15) is 0 Å². The Morgan fingerprint density at radius 3 is 1.38 bits per heavy atom. The Hall–Kier alpha value is -5.96. The normalized spacial score (nSPS) is 13.5. The van der Waals surface area contributed by atoms with Crippen molar-refractivity contribution >= 4 is 44.2 Å². The summed E-state index contributed by atoms with van der Waals surface area (Å²) in [5.41, 5.74) is 4.88. The molecule has 0 bridgehead atoms. The van der Waals surface area contributed by atoms with Gasteiger partial charge in [0.1, 0.15) is 11.6 Å². The van der Waals surface area contributed by atoms with E-state index in [9.17, 15) is 0 Å². The van der Waals surface area contributed by atoms with E-state index in [2.05, 4.69) is 43.4 Å². The molecule has 0 spiro atoms. The molecule has 2 aliphatic heterocycles. The standard InChI is InChI=1S/C42H28N10O2.2Pt/c1-47-15-17-49(27-47)29-19-33(25-43-23-29)53-31-9-11-35-37(21-31)51(39-7-3-5-13-45-39)42-36-12-10-32(22-38(36)52(41(35)42)40-8-4-6-14-46-40)54-34-20-30(24-44-26-34)50-18-16-48(2)28-50;;/h3-18,23-28H,1-2H3;;/q-6;;. The number of rotatable bonds is 8. The van der Waals surface area contributed by atoms with E-state index >= 15 is 0 Å². The van der Waals surface area contributed by atoms with E-state index in [0.717, 1.165) is 55.8 Å². The number of benzene rings is 2. The molecule has 14 heteroatoms. The molecule has 0 amide bonds. The quantitative estimate of drug-likeness (QED) is 0.141. The molecule has 6 aromatic heterocycles. The van der Waals surface area contributed by atoms with Crippen LogP contribution in [0.15, 0.2) is 123 Å². The molecule has 0 saturated heterocycles. The summed E-state index contributed by atoms with van der Waals surface area (Å²) >= 11 is 0. The topological polar surface area (TPSA) is 92.8 Å². The molecule has 2 aromatic carbocycles. The molecule has 0 saturated carbocycles. The van der Waals surface area contributed by atoms with Crippen LogP contribution >= 0.6 is 0 Å². The summed E-state index contributed by atoms with van der Waals surface area (Å²) in [4.78, 5) is 26.1. The molecule has 284 valence electrons. The van der Waals surface area contributed by atoms with Crippen LogP contribution in [0.5, 0.6) is 23.0 Å². The Kier molecular flexibility index (Phi) is 10.1. The number of ether oxygens (including phenoxy) is 2. The second-order valence-electron chi connectivity index (χ2n) is 12.7. The van der Waals surface area contributed by atoms with Gasteiger partial charge in [-0.25, -0.2) is 9.97 Å². The first-order chi connectivity index (χ1) is 26.6. The van der Waals surface area contributed by atoms with Crippen molar-refractivity contribution in [1.29, 1.82) is 0 Å². The van der Waals surface area contributed by atoms with Gasteiger partial charge < -0.3 is 48.2 Å². The van der Waals surface area contributed by atoms with E-state index in [1.54, 1.807) is 37.2 Å². The molecule has 0 fully saturated rings. The van der Waals surface area contributed by atoms with Crippen LogP contribution in [0.2, 0.25) is 0 Å². The minimum absolute atomic E-state index is 0. The van der Waals surface area contributed by atoms with Gasteiger partial charge in [-0.2, -0.15) is 25.5 Å². The maximum atomic E-state index is 6.35. The number of aromatic nitrogens is 6. The van der Waals surface area contributed by atoms with Gasteiger partial charge in [0.15, 0.2) is 0 Å². The molecular formula is C42H28N10O2Pt2-6. The second-order valence-corrected chi connectivity index (χ2v) is 12.7. The molecule has 10 rings (SSSR count). The van der Waals surface area contributed by atoms with Crippen molar-refractivity contribution in [3.63, 3.8) is 0 Å². The summed E-state index contributed by atoms with van der Waals surface area (Å²) in [5.74, 6) is 3.38. The third-order valence-corrected chi connectivity index (χ3v) is 9.00. The van der Waals surface area contributed by atoms with Crippen molar-refractivity contribution in [3.8, 4) is 34.6 Å².